The highest BCUT2D eigenvalue weighted by Gasteiger charge is 2.36. The van der Waals surface area contributed by atoms with Gasteiger partial charge in [-0.2, -0.15) is 0 Å². The Bertz CT molecular complexity index is 530. The van der Waals surface area contributed by atoms with E-state index in [0.29, 0.717) is 17.9 Å². The van der Waals surface area contributed by atoms with Crippen molar-refractivity contribution in [2.45, 2.75) is 38.1 Å². The highest BCUT2D eigenvalue weighted by Crippen LogP contribution is 2.28. The Morgan fingerprint density at radius 1 is 1.18 bits per heavy atom. The van der Waals surface area contributed by atoms with E-state index in [9.17, 15) is 9.59 Å². The van der Waals surface area contributed by atoms with E-state index in [-0.39, 0.29) is 24.3 Å². The summed E-state index contributed by atoms with van der Waals surface area (Å²) in [6.07, 6.45) is 3.41. The number of hydrogen-bond acceptors (Lipinski definition) is 3. The van der Waals surface area contributed by atoms with Crippen LogP contribution in [0.25, 0.3) is 0 Å². The second-order valence-electron chi connectivity index (χ2n) is 5.38. The van der Waals surface area contributed by atoms with Crippen molar-refractivity contribution in [3.63, 3.8) is 0 Å². The third-order valence-corrected chi connectivity index (χ3v) is 3.66. The number of hydrogen-bond donors (Lipinski definition) is 4. The number of nitrogens with two attached hydrogens (primary N) is 1. The maximum atomic E-state index is 12.2. The minimum Gasteiger partial charge on any atom is -0.338 e. The first-order chi connectivity index (χ1) is 10.0. The molecule has 0 spiro atoms. The van der Waals surface area contributed by atoms with Crippen LogP contribution in [0.4, 0.5) is 16.2 Å². The van der Waals surface area contributed by atoms with Crippen LogP contribution in [0, 0.1) is 0 Å². The molecular weight excluding hydrogens is 304 g/mol. The average molecular weight is 327 g/mol. The molecule has 1 aliphatic carbocycles. The molecular formula is C15H23ClN4O2. The molecule has 1 aromatic carbocycles. The monoisotopic (exact) mass is 326 g/mol. The minimum absolute atomic E-state index is 0. The maximum absolute atomic E-state index is 12.2. The summed E-state index contributed by atoms with van der Waals surface area (Å²) in [6.45, 7) is 2.40. The van der Waals surface area contributed by atoms with E-state index in [1.807, 2.05) is 6.92 Å². The van der Waals surface area contributed by atoms with E-state index in [0.717, 1.165) is 25.7 Å². The number of urea groups is 1. The van der Waals surface area contributed by atoms with Crippen molar-refractivity contribution in [2.75, 3.05) is 17.2 Å². The molecule has 1 fully saturated rings. The van der Waals surface area contributed by atoms with Gasteiger partial charge in [-0.25, -0.2) is 4.79 Å². The van der Waals surface area contributed by atoms with Crippen LogP contribution in [0.2, 0.25) is 0 Å². The predicted molar refractivity (Wildman–Crippen MR) is 90.4 cm³/mol. The lowest BCUT2D eigenvalue weighted by Crippen LogP contribution is -2.48. The van der Waals surface area contributed by atoms with Crippen LogP contribution in [0.1, 0.15) is 32.6 Å². The summed E-state index contributed by atoms with van der Waals surface area (Å²) in [6, 6.07) is 6.75. The van der Waals surface area contributed by atoms with Crippen LogP contribution in [0.3, 0.4) is 0 Å². The number of carbonyl (C=O) groups is 2. The molecule has 0 heterocycles. The Hall–Kier alpha value is -1.79. The number of anilines is 2. The van der Waals surface area contributed by atoms with Crippen molar-refractivity contribution in [3.05, 3.63) is 24.3 Å². The molecule has 1 aromatic rings. The third-order valence-electron chi connectivity index (χ3n) is 3.66. The van der Waals surface area contributed by atoms with Gasteiger partial charge in [-0.1, -0.05) is 18.9 Å². The van der Waals surface area contributed by atoms with Gasteiger partial charge in [-0.15, -0.1) is 12.4 Å². The SMILES string of the molecule is CCNC(=O)Nc1cccc(NC(=O)C2(N)CCCC2)c1.Cl. The first-order valence-electron chi connectivity index (χ1n) is 7.29. The lowest BCUT2D eigenvalue weighted by Gasteiger charge is -2.22. The summed E-state index contributed by atoms with van der Waals surface area (Å²) < 4.78 is 0. The molecule has 1 aliphatic rings. The molecule has 1 saturated carbocycles. The van der Waals surface area contributed by atoms with Crippen LogP contribution < -0.4 is 21.7 Å². The molecule has 0 radical (unpaired) electrons. The Kier molecular flexibility index (Phi) is 6.64. The first-order valence-corrected chi connectivity index (χ1v) is 7.29. The molecule has 122 valence electrons. The highest BCUT2D eigenvalue weighted by molar-refractivity contribution is 5.99. The molecule has 7 heteroatoms. The fraction of sp³-hybridized carbons (Fsp3) is 0.467. The zero-order chi connectivity index (χ0) is 15.3. The topological polar surface area (TPSA) is 96.2 Å². The number of halogens is 1. The van der Waals surface area contributed by atoms with Gasteiger partial charge in [-0.05, 0) is 38.0 Å². The van der Waals surface area contributed by atoms with Crippen LogP contribution in [-0.2, 0) is 4.79 Å². The van der Waals surface area contributed by atoms with Gasteiger partial charge in [0.05, 0.1) is 5.54 Å². The predicted octanol–water partition coefficient (Wildman–Crippen LogP) is 2.46. The van der Waals surface area contributed by atoms with Crippen LogP contribution in [-0.4, -0.2) is 24.0 Å². The first kappa shape index (κ1) is 18.3. The summed E-state index contributed by atoms with van der Waals surface area (Å²) in [5.74, 6) is -0.157. The van der Waals surface area contributed by atoms with Crippen molar-refractivity contribution >= 4 is 35.7 Å². The highest BCUT2D eigenvalue weighted by atomic mass is 35.5. The van der Waals surface area contributed by atoms with Gasteiger partial charge in [0.15, 0.2) is 0 Å². The lowest BCUT2D eigenvalue weighted by atomic mass is 9.98. The quantitative estimate of drug-likeness (QED) is 0.684. The fourth-order valence-corrected chi connectivity index (χ4v) is 2.50. The van der Waals surface area contributed by atoms with E-state index in [2.05, 4.69) is 16.0 Å². The van der Waals surface area contributed by atoms with Gasteiger partial charge in [0, 0.05) is 17.9 Å². The second kappa shape index (κ2) is 8.00. The number of carbonyl (C=O) groups excluding carboxylic acids is 2. The molecule has 3 amide bonds. The number of benzene rings is 1. The van der Waals surface area contributed by atoms with E-state index < -0.39 is 5.54 Å². The van der Waals surface area contributed by atoms with Gasteiger partial charge in [-0.3, -0.25) is 4.79 Å². The van der Waals surface area contributed by atoms with Gasteiger partial charge in [0.25, 0.3) is 0 Å². The molecule has 6 nitrogen and oxygen atoms in total. The van der Waals surface area contributed by atoms with Gasteiger partial charge >= 0.3 is 6.03 Å². The number of nitrogens with one attached hydrogen (secondary N) is 3. The summed E-state index contributed by atoms with van der Waals surface area (Å²) in [4.78, 5) is 23.7. The van der Waals surface area contributed by atoms with Crippen LogP contribution in [0.5, 0.6) is 0 Å². The molecule has 0 atom stereocenters. The van der Waals surface area contributed by atoms with Crippen LogP contribution in [0.15, 0.2) is 24.3 Å². The zero-order valence-corrected chi connectivity index (χ0v) is 13.5. The van der Waals surface area contributed by atoms with Crippen molar-refractivity contribution in [1.82, 2.24) is 5.32 Å². The van der Waals surface area contributed by atoms with Crippen LogP contribution >= 0.6 is 12.4 Å². The van der Waals surface area contributed by atoms with Crippen molar-refractivity contribution in [2.24, 2.45) is 5.73 Å². The van der Waals surface area contributed by atoms with E-state index >= 15 is 0 Å². The number of amides is 3. The van der Waals surface area contributed by atoms with Gasteiger partial charge in [0.2, 0.25) is 5.91 Å². The largest absolute Gasteiger partial charge is 0.338 e. The van der Waals surface area contributed by atoms with E-state index in [1.54, 1.807) is 24.3 Å². The third kappa shape index (κ3) is 4.61. The maximum Gasteiger partial charge on any atom is 0.319 e. The molecule has 0 unspecified atom stereocenters. The Morgan fingerprint density at radius 2 is 1.77 bits per heavy atom. The van der Waals surface area contributed by atoms with Gasteiger partial charge in [0.1, 0.15) is 0 Å². The second-order valence-corrected chi connectivity index (χ2v) is 5.38. The Labute approximate surface area is 136 Å². The van der Waals surface area contributed by atoms with Gasteiger partial charge < -0.3 is 21.7 Å². The molecule has 0 aliphatic heterocycles. The lowest BCUT2D eigenvalue weighted by molar-refractivity contribution is -0.121. The number of rotatable bonds is 4. The summed E-state index contributed by atoms with van der Waals surface area (Å²) >= 11 is 0. The smallest absolute Gasteiger partial charge is 0.319 e. The summed E-state index contributed by atoms with van der Waals surface area (Å²) in [5, 5.41) is 8.18. The van der Waals surface area contributed by atoms with E-state index in [4.69, 9.17) is 5.73 Å². The normalized spacial score (nSPS) is 15.5. The van der Waals surface area contributed by atoms with Crippen molar-refractivity contribution in [1.29, 1.82) is 0 Å². The molecule has 0 bridgehead atoms. The zero-order valence-electron chi connectivity index (χ0n) is 12.6. The fourth-order valence-electron chi connectivity index (χ4n) is 2.50. The molecule has 0 saturated heterocycles. The average Bonchev–Trinajstić information content (AvgIpc) is 2.88. The molecule has 2 rings (SSSR count). The molecule has 0 aromatic heterocycles. The molecule has 22 heavy (non-hydrogen) atoms. The molecule has 5 N–H and O–H groups in total. The summed E-state index contributed by atoms with van der Waals surface area (Å²) in [7, 11) is 0. The Morgan fingerprint density at radius 3 is 2.36 bits per heavy atom. The minimum atomic E-state index is -0.761. The van der Waals surface area contributed by atoms with Crippen molar-refractivity contribution in [3.8, 4) is 0 Å². The Balaban J connectivity index is 0.00000242. The summed E-state index contributed by atoms with van der Waals surface area (Å²) in [5.41, 5.74) is 6.61. The standard InChI is InChI=1S/C15H22N4O2.ClH/c1-2-17-14(21)19-12-7-5-6-11(10-12)18-13(20)15(16)8-3-4-9-15;/h5-7,10H,2-4,8-9,16H2,1H3,(H,18,20)(H2,17,19,21);1H. The van der Waals surface area contributed by atoms with Crippen molar-refractivity contribution < 1.29 is 9.59 Å². The van der Waals surface area contributed by atoms with E-state index in [1.165, 1.54) is 0 Å².